The van der Waals surface area contributed by atoms with Crippen molar-refractivity contribution in [2.24, 2.45) is 0 Å². The van der Waals surface area contributed by atoms with Gasteiger partial charge in [-0.2, -0.15) is 5.10 Å². The Morgan fingerprint density at radius 3 is 2.43 bits per heavy atom. The summed E-state index contributed by atoms with van der Waals surface area (Å²) in [6.45, 7) is 0. The number of nitrogens with zero attached hydrogens (tertiary/aromatic N) is 1. The highest BCUT2D eigenvalue weighted by atomic mass is 16.4. The zero-order valence-electron chi connectivity index (χ0n) is 12.5. The number of benzene rings is 1. The third kappa shape index (κ3) is 2.69. The first-order valence-corrected chi connectivity index (χ1v) is 7.57. The summed E-state index contributed by atoms with van der Waals surface area (Å²) in [5.74, 6) is -1.61. The van der Waals surface area contributed by atoms with Crippen molar-refractivity contribution >= 4 is 22.6 Å². The SMILES string of the molecule is O=C(NC1(C(=O)O)CCCCC1)c1n[nH]c(=O)c2ccccc12. The van der Waals surface area contributed by atoms with Crippen LogP contribution in [0.15, 0.2) is 29.1 Å². The van der Waals surface area contributed by atoms with Gasteiger partial charge in [0.1, 0.15) is 5.54 Å². The molecule has 2 aromatic rings. The Labute approximate surface area is 131 Å². The maximum Gasteiger partial charge on any atom is 0.329 e. The summed E-state index contributed by atoms with van der Waals surface area (Å²) in [7, 11) is 0. The molecule has 0 bridgehead atoms. The fourth-order valence-electron chi connectivity index (χ4n) is 3.11. The van der Waals surface area contributed by atoms with Crippen LogP contribution < -0.4 is 10.9 Å². The van der Waals surface area contributed by atoms with E-state index in [1.807, 2.05) is 0 Å². The summed E-state index contributed by atoms with van der Waals surface area (Å²) in [5.41, 5.74) is -1.61. The van der Waals surface area contributed by atoms with Crippen molar-refractivity contribution in [2.75, 3.05) is 0 Å². The van der Waals surface area contributed by atoms with Crippen LogP contribution in [0, 0.1) is 0 Å². The standard InChI is InChI=1S/C16H17N3O4/c20-13-11-7-3-2-6-10(11)12(18-19-13)14(21)17-16(15(22)23)8-4-1-5-9-16/h2-3,6-7H,1,4-5,8-9H2,(H,17,21)(H,19,20)(H,22,23). The number of carbonyl (C=O) groups excluding carboxylic acids is 1. The first-order valence-electron chi connectivity index (χ1n) is 7.57. The van der Waals surface area contributed by atoms with Gasteiger partial charge in [-0.3, -0.25) is 9.59 Å². The quantitative estimate of drug-likeness (QED) is 0.793. The third-order valence-electron chi connectivity index (χ3n) is 4.38. The third-order valence-corrected chi connectivity index (χ3v) is 4.38. The number of H-pyrrole nitrogens is 1. The van der Waals surface area contributed by atoms with Crippen molar-refractivity contribution in [1.82, 2.24) is 15.5 Å². The molecule has 1 aromatic carbocycles. The predicted octanol–water partition coefficient (Wildman–Crippen LogP) is 1.44. The first kappa shape index (κ1) is 15.2. The Hall–Kier alpha value is -2.70. The van der Waals surface area contributed by atoms with E-state index in [1.165, 1.54) is 0 Å². The van der Waals surface area contributed by atoms with Crippen molar-refractivity contribution in [3.8, 4) is 0 Å². The number of aliphatic carboxylic acids is 1. The molecule has 0 unspecified atom stereocenters. The number of carboxylic acid groups (broad SMARTS) is 1. The van der Waals surface area contributed by atoms with Gasteiger partial charge < -0.3 is 10.4 Å². The molecule has 1 heterocycles. The molecule has 1 fully saturated rings. The van der Waals surface area contributed by atoms with Crippen LogP contribution in [0.1, 0.15) is 42.6 Å². The number of hydrogen-bond donors (Lipinski definition) is 3. The highest BCUT2D eigenvalue weighted by Gasteiger charge is 2.41. The molecule has 120 valence electrons. The molecular formula is C16H17N3O4. The van der Waals surface area contributed by atoms with Crippen LogP contribution in [0.25, 0.3) is 10.8 Å². The highest BCUT2D eigenvalue weighted by molar-refractivity contribution is 6.06. The molecule has 0 spiro atoms. The smallest absolute Gasteiger partial charge is 0.329 e. The van der Waals surface area contributed by atoms with Gasteiger partial charge in [0.25, 0.3) is 11.5 Å². The number of fused-ring (bicyclic) bond motifs is 1. The maximum atomic E-state index is 12.6. The minimum atomic E-state index is -1.26. The number of nitrogens with one attached hydrogen (secondary N) is 2. The van der Waals surface area contributed by atoms with Gasteiger partial charge in [-0.15, -0.1) is 0 Å². The molecule has 0 atom stereocenters. The topological polar surface area (TPSA) is 112 Å². The molecule has 1 aliphatic rings. The fraction of sp³-hybridized carbons (Fsp3) is 0.375. The van der Waals surface area contributed by atoms with E-state index in [-0.39, 0.29) is 11.3 Å². The minimum Gasteiger partial charge on any atom is -0.480 e. The molecular weight excluding hydrogens is 298 g/mol. The van der Waals surface area contributed by atoms with Gasteiger partial charge in [0.05, 0.1) is 5.39 Å². The van der Waals surface area contributed by atoms with Gasteiger partial charge in [-0.05, 0) is 18.9 Å². The molecule has 1 aromatic heterocycles. The Kier molecular flexibility index (Phi) is 3.85. The van der Waals surface area contributed by atoms with Crippen LogP contribution in [-0.4, -0.2) is 32.7 Å². The summed E-state index contributed by atoms with van der Waals surface area (Å²) in [6.07, 6.45) is 3.27. The zero-order chi connectivity index (χ0) is 16.4. The summed E-state index contributed by atoms with van der Waals surface area (Å²) in [5, 5.41) is 19.0. The summed E-state index contributed by atoms with van der Waals surface area (Å²) < 4.78 is 0. The number of aromatic amines is 1. The number of hydrogen-bond acceptors (Lipinski definition) is 4. The number of aromatic nitrogens is 2. The van der Waals surface area contributed by atoms with Crippen molar-refractivity contribution in [3.63, 3.8) is 0 Å². The van der Waals surface area contributed by atoms with Crippen LogP contribution in [-0.2, 0) is 4.79 Å². The second-order valence-electron chi connectivity index (χ2n) is 5.85. The Bertz CT molecular complexity index is 821. The van der Waals surface area contributed by atoms with E-state index in [1.54, 1.807) is 24.3 Å². The van der Waals surface area contributed by atoms with Gasteiger partial charge in [-0.1, -0.05) is 37.5 Å². The number of carbonyl (C=O) groups is 2. The number of rotatable bonds is 3. The normalized spacial score (nSPS) is 16.9. The molecule has 7 heteroatoms. The molecule has 1 aliphatic carbocycles. The van der Waals surface area contributed by atoms with Crippen LogP contribution >= 0.6 is 0 Å². The van der Waals surface area contributed by atoms with E-state index >= 15 is 0 Å². The molecule has 23 heavy (non-hydrogen) atoms. The van der Waals surface area contributed by atoms with Crippen LogP contribution in [0.5, 0.6) is 0 Å². The van der Waals surface area contributed by atoms with E-state index in [0.29, 0.717) is 23.6 Å². The maximum absolute atomic E-state index is 12.6. The number of carboxylic acids is 1. The van der Waals surface area contributed by atoms with E-state index in [2.05, 4.69) is 15.5 Å². The first-order chi connectivity index (χ1) is 11.0. The molecule has 3 N–H and O–H groups in total. The lowest BCUT2D eigenvalue weighted by Crippen LogP contribution is -2.55. The lowest BCUT2D eigenvalue weighted by atomic mass is 9.81. The van der Waals surface area contributed by atoms with Gasteiger partial charge in [0.15, 0.2) is 5.69 Å². The van der Waals surface area contributed by atoms with Gasteiger partial charge in [0, 0.05) is 5.39 Å². The van der Waals surface area contributed by atoms with Crippen LogP contribution in [0.2, 0.25) is 0 Å². The summed E-state index contributed by atoms with van der Waals surface area (Å²) in [6, 6.07) is 6.62. The molecule has 1 amide bonds. The highest BCUT2D eigenvalue weighted by Crippen LogP contribution is 2.29. The average Bonchev–Trinajstić information content (AvgIpc) is 2.56. The molecule has 0 aliphatic heterocycles. The van der Waals surface area contributed by atoms with E-state index < -0.39 is 17.4 Å². The van der Waals surface area contributed by atoms with Crippen LogP contribution in [0.3, 0.4) is 0 Å². The van der Waals surface area contributed by atoms with Gasteiger partial charge >= 0.3 is 5.97 Å². The van der Waals surface area contributed by atoms with Crippen LogP contribution in [0.4, 0.5) is 0 Å². The Balaban J connectivity index is 1.99. The second-order valence-corrected chi connectivity index (χ2v) is 5.85. The zero-order valence-corrected chi connectivity index (χ0v) is 12.5. The van der Waals surface area contributed by atoms with Gasteiger partial charge in [0.2, 0.25) is 0 Å². The number of amides is 1. The lowest BCUT2D eigenvalue weighted by Gasteiger charge is -2.33. The fourth-order valence-corrected chi connectivity index (χ4v) is 3.11. The lowest BCUT2D eigenvalue weighted by molar-refractivity contribution is -0.145. The van der Waals surface area contributed by atoms with Crippen molar-refractivity contribution < 1.29 is 14.7 Å². The van der Waals surface area contributed by atoms with Crippen molar-refractivity contribution in [2.45, 2.75) is 37.6 Å². The largest absolute Gasteiger partial charge is 0.480 e. The Morgan fingerprint density at radius 1 is 1.13 bits per heavy atom. The Morgan fingerprint density at radius 2 is 1.78 bits per heavy atom. The summed E-state index contributed by atoms with van der Waals surface area (Å²) >= 11 is 0. The molecule has 0 saturated heterocycles. The average molecular weight is 315 g/mol. The monoisotopic (exact) mass is 315 g/mol. The molecule has 3 rings (SSSR count). The second kappa shape index (κ2) is 5.83. The van der Waals surface area contributed by atoms with Gasteiger partial charge in [-0.25, -0.2) is 9.89 Å². The van der Waals surface area contributed by atoms with Crippen molar-refractivity contribution in [3.05, 3.63) is 40.3 Å². The molecule has 1 saturated carbocycles. The molecule has 0 radical (unpaired) electrons. The molecule has 7 nitrogen and oxygen atoms in total. The van der Waals surface area contributed by atoms with E-state index in [0.717, 1.165) is 19.3 Å². The summed E-state index contributed by atoms with van der Waals surface area (Å²) in [4.78, 5) is 36.0. The predicted molar refractivity (Wildman–Crippen MR) is 83.3 cm³/mol. The van der Waals surface area contributed by atoms with E-state index in [9.17, 15) is 19.5 Å². The van der Waals surface area contributed by atoms with E-state index in [4.69, 9.17) is 0 Å². The minimum absolute atomic E-state index is 0.0337. The van der Waals surface area contributed by atoms with Crippen molar-refractivity contribution in [1.29, 1.82) is 0 Å².